The molecule has 4 rings (SSSR count). The first-order valence-electron chi connectivity index (χ1n) is 10.5. The molecule has 11 heteroatoms. The first-order chi connectivity index (χ1) is 16.0. The van der Waals surface area contributed by atoms with Crippen molar-refractivity contribution in [1.29, 1.82) is 0 Å². The van der Waals surface area contributed by atoms with Crippen LogP contribution in [-0.4, -0.2) is 40.6 Å². The van der Waals surface area contributed by atoms with Crippen LogP contribution in [0.1, 0.15) is 35.7 Å². The van der Waals surface area contributed by atoms with E-state index >= 15 is 8.78 Å². The summed E-state index contributed by atoms with van der Waals surface area (Å²) in [5, 5.41) is 13.1. The van der Waals surface area contributed by atoms with Crippen molar-refractivity contribution < 1.29 is 31.5 Å². The maximum absolute atomic E-state index is 15.1. The largest absolute Gasteiger partial charge is 0.480 e. The van der Waals surface area contributed by atoms with Gasteiger partial charge in [0, 0.05) is 23.9 Å². The number of fused-ring (bicyclic) bond motifs is 1. The molecule has 1 aromatic heterocycles. The van der Waals surface area contributed by atoms with Crippen LogP contribution in [0.2, 0.25) is 0 Å². The lowest BCUT2D eigenvalue weighted by molar-refractivity contribution is -0.137. The fourth-order valence-corrected chi connectivity index (χ4v) is 5.85. The van der Waals surface area contributed by atoms with E-state index in [1.165, 1.54) is 23.0 Å². The van der Waals surface area contributed by atoms with Crippen LogP contribution in [0.3, 0.4) is 0 Å². The second-order valence-electron chi connectivity index (χ2n) is 8.26. The number of hydrogen-bond acceptors (Lipinski definition) is 4. The molecule has 0 fully saturated rings. The van der Waals surface area contributed by atoms with Gasteiger partial charge in [-0.25, -0.2) is 21.6 Å². The van der Waals surface area contributed by atoms with Crippen LogP contribution in [0.25, 0.3) is 11.1 Å². The molecule has 0 spiro atoms. The topological polar surface area (TPSA) is 92.5 Å². The van der Waals surface area contributed by atoms with E-state index in [0.29, 0.717) is 36.6 Å². The molecule has 0 saturated heterocycles. The Hall–Kier alpha value is -3.18. The van der Waals surface area contributed by atoms with E-state index in [9.17, 15) is 17.6 Å². The van der Waals surface area contributed by atoms with Crippen molar-refractivity contribution in [1.82, 2.24) is 14.1 Å². The van der Waals surface area contributed by atoms with Crippen LogP contribution in [-0.2, 0) is 27.8 Å². The number of carboxylic acid groups (broad SMARTS) is 1. The van der Waals surface area contributed by atoms with Gasteiger partial charge in [-0.3, -0.25) is 9.48 Å². The second kappa shape index (κ2) is 8.88. The highest BCUT2D eigenvalue weighted by Crippen LogP contribution is 2.39. The Morgan fingerprint density at radius 3 is 2.65 bits per heavy atom. The molecule has 0 radical (unpaired) electrons. The molecule has 0 bridgehead atoms. The molecular weight excluding hydrogens is 471 g/mol. The van der Waals surface area contributed by atoms with Crippen LogP contribution in [0.4, 0.5) is 13.2 Å². The van der Waals surface area contributed by atoms with Gasteiger partial charge in [-0.05, 0) is 37.8 Å². The number of aliphatic carboxylic acids is 1. The standard InChI is InChI=1S/C23H22F3N3O4S/c1-13-5-3-6-14(9-13)15-10-17(24)23(22(26)21(15)25)34(32,33)28(2)18-7-4-8-19-16(18)11-27-29(19)12-20(30)31/h3,5-6,9-11,18H,4,7-8,12H2,1-2H3,(H,30,31). The summed E-state index contributed by atoms with van der Waals surface area (Å²) in [5.41, 5.74) is 1.58. The summed E-state index contributed by atoms with van der Waals surface area (Å²) >= 11 is 0. The number of benzene rings is 2. The molecule has 0 amide bonds. The predicted octanol–water partition coefficient (Wildman–Crippen LogP) is 4.06. The van der Waals surface area contributed by atoms with Crippen molar-refractivity contribution in [3.8, 4) is 11.1 Å². The lowest BCUT2D eigenvalue weighted by Crippen LogP contribution is -2.34. The summed E-state index contributed by atoms with van der Waals surface area (Å²) in [6.45, 7) is 1.34. The van der Waals surface area contributed by atoms with Gasteiger partial charge in [0.15, 0.2) is 16.5 Å². The predicted molar refractivity (Wildman–Crippen MR) is 117 cm³/mol. The number of rotatable bonds is 6. The minimum Gasteiger partial charge on any atom is -0.480 e. The first-order valence-corrected chi connectivity index (χ1v) is 11.9. The van der Waals surface area contributed by atoms with E-state index in [2.05, 4.69) is 5.10 Å². The van der Waals surface area contributed by atoms with Crippen molar-refractivity contribution in [3.63, 3.8) is 0 Å². The van der Waals surface area contributed by atoms with E-state index in [1.807, 2.05) is 0 Å². The number of aryl methyl sites for hydroxylation is 1. The quantitative estimate of drug-likeness (QED) is 0.523. The molecule has 180 valence electrons. The zero-order valence-electron chi connectivity index (χ0n) is 18.4. The molecule has 1 unspecified atom stereocenters. The summed E-state index contributed by atoms with van der Waals surface area (Å²) in [5.74, 6) is -5.76. The van der Waals surface area contributed by atoms with Gasteiger partial charge in [-0.15, -0.1) is 0 Å². The number of sulfonamides is 1. The zero-order chi connectivity index (χ0) is 24.8. The minimum absolute atomic E-state index is 0.218. The van der Waals surface area contributed by atoms with Gasteiger partial charge in [0.05, 0.1) is 12.2 Å². The van der Waals surface area contributed by atoms with Crippen LogP contribution in [0, 0.1) is 24.4 Å². The van der Waals surface area contributed by atoms with Gasteiger partial charge in [-0.2, -0.15) is 9.40 Å². The van der Waals surface area contributed by atoms with Crippen LogP contribution < -0.4 is 0 Å². The molecule has 1 heterocycles. The normalized spacial score (nSPS) is 16.0. The summed E-state index contributed by atoms with van der Waals surface area (Å²) in [7, 11) is -3.63. The average Bonchev–Trinajstić information content (AvgIpc) is 3.18. The molecule has 1 N–H and O–H groups in total. The molecule has 1 aliphatic carbocycles. The van der Waals surface area contributed by atoms with Crippen molar-refractivity contribution in [2.75, 3.05) is 7.05 Å². The maximum Gasteiger partial charge on any atom is 0.325 e. The number of hydrogen-bond donors (Lipinski definition) is 1. The second-order valence-corrected chi connectivity index (χ2v) is 10.2. The highest BCUT2D eigenvalue weighted by molar-refractivity contribution is 7.89. The highest BCUT2D eigenvalue weighted by atomic mass is 32.2. The Balaban J connectivity index is 1.75. The van der Waals surface area contributed by atoms with Gasteiger partial charge in [0.1, 0.15) is 12.4 Å². The molecule has 3 aromatic rings. The van der Waals surface area contributed by atoms with Gasteiger partial charge >= 0.3 is 5.97 Å². The monoisotopic (exact) mass is 493 g/mol. The first kappa shape index (κ1) is 24.0. The van der Waals surface area contributed by atoms with Gasteiger partial charge < -0.3 is 5.11 Å². The van der Waals surface area contributed by atoms with E-state index in [-0.39, 0.29) is 11.1 Å². The number of halogens is 3. The van der Waals surface area contributed by atoms with E-state index in [0.717, 1.165) is 16.9 Å². The van der Waals surface area contributed by atoms with E-state index < -0.39 is 50.9 Å². The highest BCUT2D eigenvalue weighted by Gasteiger charge is 2.38. The molecule has 1 aliphatic rings. The Morgan fingerprint density at radius 2 is 1.97 bits per heavy atom. The summed E-state index contributed by atoms with van der Waals surface area (Å²) < 4.78 is 73.7. The van der Waals surface area contributed by atoms with Crippen molar-refractivity contribution in [3.05, 3.63) is 70.8 Å². The van der Waals surface area contributed by atoms with Crippen LogP contribution >= 0.6 is 0 Å². The average molecular weight is 494 g/mol. The molecule has 0 aliphatic heterocycles. The number of carboxylic acids is 1. The fraction of sp³-hybridized carbons (Fsp3) is 0.304. The Kier molecular flexibility index (Phi) is 6.26. The number of nitrogens with zero attached hydrogens (tertiary/aromatic N) is 3. The van der Waals surface area contributed by atoms with Gasteiger partial charge in [-0.1, -0.05) is 29.8 Å². The third-order valence-corrected chi connectivity index (χ3v) is 7.94. The third kappa shape index (κ3) is 4.09. The SMILES string of the molecule is Cc1cccc(-c2cc(F)c(S(=O)(=O)N(C)C3CCCc4c3cnn4CC(=O)O)c(F)c2F)c1. The molecule has 0 saturated carbocycles. The molecule has 2 aromatic carbocycles. The molecule has 34 heavy (non-hydrogen) atoms. The summed E-state index contributed by atoms with van der Waals surface area (Å²) in [6, 6.07) is 6.20. The fourth-order valence-electron chi connectivity index (χ4n) is 4.39. The van der Waals surface area contributed by atoms with Crippen molar-refractivity contribution in [2.24, 2.45) is 0 Å². The van der Waals surface area contributed by atoms with Crippen LogP contribution in [0.5, 0.6) is 0 Å². The molecular formula is C23H22F3N3O4S. The lowest BCUT2D eigenvalue weighted by atomic mass is 9.93. The van der Waals surface area contributed by atoms with Gasteiger partial charge in [0.25, 0.3) is 0 Å². The molecule has 7 nitrogen and oxygen atoms in total. The third-order valence-electron chi connectivity index (χ3n) is 6.04. The zero-order valence-corrected chi connectivity index (χ0v) is 19.2. The number of aromatic nitrogens is 2. The maximum atomic E-state index is 15.1. The van der Waals surface area contributed by atoms with E-state index in [4.69, 9.17) is 5.11 Å². The summed E-state index contributed by atoms with van der Waals surface area (Å²) in [4.78, 5) is 9.71. The Bertz CT molecular complexity index is 1390. The van der Waals surface area contributed by atoms with Crippen LogP contribution in [0.15, 0.2) is 41.4 Å². The molecule has 1 atom stereocenters. The van der Waals surface area contributed by atoms with Crippen molar-refractivity contribution in [2.45, 2.75) is 43.7 Å². The smallest absolute Gasteiger partial charge is 0.325 e. The Labute approximate surface area is 194 Å². The van der Waals surface area contributed by atoms with E-state index in [1.54, 1.807) is 19.1 Å². The Morgan fingerprint density at radius 1 is 1.24 bits per heavy atom. The minimum atomic E-state index is -4.80. The lowest BCUT2D eigenvalue weighted by Gasteiger charge is -2.31. The van der Waals surface area contributed by atoms with Crippen molar-refractivity contribution >= 4 is 16.0 Å². The van der Waals surface area contributed by atoms with Gasteiger partial charge in [0.2, 0.25) is 10.0 Å². The number of carbonyl (C=O) groups is 1. The summed E-state index contributed by atoms with van der Waals surface area (Å²) in [6.07, 6.45) is 2.68.